The van der Waals surface area contributed by atoms with Crippen LogP contribution in [0.1, 0.15) is 21.7 Å². The second kappa shape index (κ2) is 4.41. The smallest absolute Gasteiger partial charge is 0.339 e. The van der Waals surface area contributed by atoms with Gasteiger partial charge >= 0.3 is 5.97 Å². The number of rotatable bonds is 4. The van der Waals surface area contributed by atoms with E-state index in [0.717, 1.165) is 0 Å². The Balaban J connectivity index is 3.01. The molecule has 1 aromatic heterocycles. The first-order valence-electron chi connectivity index (χ1n) is 4.53. The summed E-state index contributed by atoms with van der Waals surface area (Å²) in [4.78, 5) is 10.8. The number of aliphatic hydroxyl groups is 2. The number of nitrogens with zero attached hydrogens (tertiary/aromatic N) is 2. The van der Waals surface area contributed by atoms with Crippen LogP contribution in [0.3, 0.4) is 0 Å². The molecule has 0 aromatic carbocycles. The monoisotopic (exact) mass is 214 g/mol. The van der Waals surface area contributed by atoms with Crippen molar-refractivity contribution in [3.63, 3.8) is 0 Å². The van der Waals surface area contributed by atoms with E-state index in [-0.39, 0.29) is 18.7 Å². The minimum atomic E-state index is -1.03. The van der Waals surface area contributed by atoms with Crippen LogP contribution >= 0.6 is 0 Å². The second-order valence-electron chi connectivity index (χ2n) is 3.37. The molecule has 1 atom stereocenters. The van der Waals surface area contributed by atoms with E-state index in [1.54, 1.807) is 13.8 Å². The van der Waals surface area contributed by atoms with Gasteiger partial charge in [0.05, 0.1) is 30.6 Å². The molecule has 0 saturated heterocycles. The van der Waals surface area contributed by atoms with Crippen molar-refractivity contribution in [2.24, 2.45) is 0 Å². The molecular weight excluding hydrogens is 200 g/mol. The lowest BCUT2D eigenvalue weighted by atomic mass is 10.2. The van der Waals surface area contributed by atoms with E-state index in [1.807, 2.05) is 0 Å². The minimum Gasteiger partial charge on any atom is -0.478 e. The van der Waals surface area contributed by atoms with Crippen LogP contribution in [-0.2, 0) is 6.54 Å². The normalized spacial score (nSPS) is 12.8. The molecule has 3 N–H and O–H groups in total. The number of aliphatic hydroxyl groups excluding tert-OH is 2. The zero-order valence-electron chi connectivity index (χ0n) is 8.64. The number of aryl methyl sites for hydroxylation is 1. The summed E-state index contributed by atoms with van der Waals surface area (Å²) in [5.41, 5.74) is 1.04. The Morgan fingerprint density at radius 3 is 2.53 bits per heavy atom. The Bertz CT molecular complexity index is 372. The molecule has 1 unspecified atom stereocenters. The lowest BCUT2D eigenvalue weighted by Gasteiger charge is -2.08. The molecule has 1 heterocycles. The highest BCUT2D eigenvalue weighted by atomic mass is 16.4. The fraction of sp³-hybridized carbons (Fsp3) is 0.556. The summed E-state index contributed by atoms with van der Waals surface area (Å²) < 4.78 is 1.39. The molecule has 6 heteroatoms. The van der Waals surface area contributed by atoms with Crippen molar-refractivity contribution in [3.8, 4) is 0 Å². The Morgan fingerprint density at radius 1 is 1.53 bits per heavy atom. The van der Waals surface area contributed by atoms with Crippen molar-refractivity contribution in [2.45, 2.75) is 26.5 Å². The fourth-order valence-electron chi connectivity index (χ4n) is 1.44. The van der Waals surface area contributed by atoms with E-state index in [0.29, 0.717) is 11.4 Å². The molecule has 15 heavy (non-hydrogen) atoms. The van der Waals surface area contributed by atoms with Crippen LogP contribution < -0.4 is 0 Å². The van der Waals surface area contributed by atoms with Gasteiger partial charge in [-0.1, -0.05) is 0 Å². The summed E-state index contributed by atoms with van der Waals surface area (Å²) in [6.07, 6.45) is -0.926. The lowest BCUT2D eigenvalue weighted by Crippen LogP contribution is -2.21. The quantitative estimate of drug-likeness (QED) is 0.631. The summed E-state index contributed by atoms with van der Waals surface area (Å²) >= 11 is 0. The van der Waals surface area contributed by atoms with Gasteiger partial charge in [0.2, 0.25) is 0 Å². The number of carboxylic acids is 1. The molecule has 0 radical (unpaired) electrons. The number of aromatic carboxylic acids is 1. The Morgan fingerprint density at radius 2 is 2.13 bits per heavy atom. The zero-order chi connectivity index (χ0) is 11.6. The molecule has 84 valence electrons. The van der Waals surface area contributed by atoms with Gasteiger partial charge in [0, 0.05) is 0 Å². The van der Waals surface area contributed by atoms with E-state index < -0.39 is 12.1 Å². The van der Waals surface area contributed by atoms with E-state index in [9.17, 15) is 9.90 Å². The molecule has 0 spiro atoms. The molecule has 0 saturated carbocycles. The van der Waals surface area contributed by atoms with Gasteiger partial charge in [0.25, 0.3) is 0 Å². The zero-order valence-corrected chi connectivity index (χ0v) is 8.64. The fourth-order valence-corrected chi connectivity index (χ4v) is 1.44. The Hall–Kier alpha value is -1.40. The number of hydrogen-bond acceptors (Lipinski definition) is 4. The van der Waals surface area contributed by atoms with Crippen molar-refractivity contribution in [1.82, 2.24) is 9.78 Å². The van der Waals surface area contributed by atoms with Crippen molar-refractivity contribution < 1.29 is 20.1 Å². The molecule has 0 fully saturated rings. The molecule has 1 aromatic rings. The number of carboxylic acid groups (broad SMARTS) is 1. The van der Waals surface area contributed by atoms with Gasteiger partial charge in [-0.25, -0.2) is 4.79 Å². The van der Waals surface area contributed by atoms with Gasteiger partial charge in [-0.3, -0.25) is 4.68 Å². The Kier molecular flexibility index (Phi) is 3.43. The van der Waals surface area contributed by atoms with Gasteiger partial charge in [0.15, 0.2) is 0 Å². The van der Waals surface area contributed by atoms with Crippen molar-refractivity contribution in [3.05, 3.63) is 17.0 Å². The van der Waals surface area contributed by atoms with Crippen LogP contribution in [-0.4, -0.2) is 43.8 Å². The van der Waals surface area contributed by atoms with E-state index >= 15 is 0 Å². The molecule has 0 aliphatic carbocycles. The van der Waals surface area contributed by atoms with Crippen LogP contribution in [0.4, 0.5) is 0 Å². The Labute approximate surface area is 86.8 Å². The van der Waals surface area contributed by atoms with Crippen LogP contribution in [0.2, 0.25) is 0 Å². The first-order valence-corrected chi connectivity index (χ1v) is 4.53. The molecule has 0 amide bonds. The van der Waals surface area contributed by atoms with Crippen LogP contribution in [0.25, 0.3) is 0 Å². The van der Waals surface area contributed by atoms with Crippen LogP contribution in [0, 0.1) is 13.8 Å². The third kappa shape index (κ3) is 2.34. The van der Waals surface area contributed by atoms with E-state index in [1.165, 1.54) is 4.68 Å². The summed E-state index contributed by atoms with van der Waals surface area (Å²) in [6.45, 7) is 2.93. The van der Waals surface area contributed by atoms with Gasteiger partial charge in [0.1, 0.15) is 5.56 Å². The van der Waals surface area contributed by atoms with Crippen molar-refractivity contribution >= 4 is 5.97 Å². The molecule has 0 aliphatic heterocycles. The summed E-state index contributed by atoms with van der Waals surface area (Å²) in [7, 11) is 0. The highest BCUT2D eigenvalue weighted by Gasteiger charge is 2.18. The largest absolute Gasteiger partial charge is 0.478 e. The number of hydrogen-bond donors (Lipinski definition) is 3. The van der Waals surface area contributed by atoms with Gasteiger partial charge in [-0.2, -0.15) is 5.10 Å². The lowest BCUT2D eigenvalue weighted by molar-refractivity contribution is 0.0692. The maximum absolute atomic E-state index is 10.8. The van der Waals surface area contributed by atoms with Crippen molar-refractivity contribution in [2.75, 3.05) is 6.61 Å². The standard InChI is InChI=1S/C9H14N2O4/c1-5-8(9(14)15)6(2)11(10-5)3-7(13)4-12/h7,12-13H,3-4H2,1-2H3,(H,14,15). The third-order valence-corrected chi connectivity index (χ3v) is 2.19. The average molecular weight is 214 g/mol. The summed E-state index contributed by atoms with van der Waals surface area (Å²) in [5, 5.41) is 30.8. The van der Waals surface area contributed by atoms with Gasteiger partial charge in [-0.05, 0) is 13.8 Å². The average Bonchev–Trinajstić information content (AvgIpc) is 2.41. The van der Waals surface area contributed by atoms with Crippen LogP contribution in [0.5, 0.6) is 0 Å². The third-order valence-electron chi connectivity index (χ3n) is 2.19. The highest BCUT2D eigenvalue weighted by molar-refractivity contribution is 5.90. The first kappa shape index (κ1) is 11.7. The maximum Gasteiger partial charge on any atom is 0.339 e. The molecule has 0 bridgehead atoms. The predicted octanol–water partition coefficient (Wildman–Crippen LogP) is -0.449. The second-order valence-corrected chi connectivity index (χ2v) is 3.37. The highest BCUT2D eigenvalue weighted by Crippen LogP contribution is 2.13. The summed E-state index contributed by atoms with van der Waals surface area (Å²) in [5.74, 6) is -1.03. The minimum absolute atomic E-state index is 0.0937. The molecular formula is C9H14N2O4. The number of carbonyl (C=O) groups is 1. The summed E-state index contributed by atoms with van der Waals surface area (Å²) in [6, 6.07) is 0. The topological polar surface area (TPSA) is 95.6 Å². The predicted molar refractivity (Wildman–Crippen MR) is 51.8 cm³/mol. The number of aromatic nitrogens is 2. The molecule has 6 nitrogen and oxygen atoms in total. The van der Waals surface area contributed by atoms with Crippen LogP contribution in [0.15, 0.2) is 0 Å². The molecule has 1 rings (SSSR count). The van der Waals surface area contributed by atoms with Crippen molar-refractivity contribution in [1.29, 1.82) is 0 Å². The molecule has 0 aliphatic rings. The van der Waals surface area contributed by atoms with Gasteiger partial charge in [-0.15, -0.1) is 0 Å². The maximum atomic E-state index is 10.8. The van der Waals surface area contributed by atoms with E-state index in [4.69, 9.17) is 10.2 Å². The van der Waals surface area contributed by atoms with E-state index in [2.05, 4.69) is 5.10 Å². The SMILES string of the molecule is Cc1nn(CC(O)CO)c(C)c1C(=O)O. The first-order chi connectivity index (χ1) is 6.97. The van der Waals surface area contributed by atoms with Gasteiger partial charge < -0.3 is 15.3 Å².